The second-order valence-electron chi connectivity index (χ2n) is 33.9. The van der Waals surface area contributed by atoms with E-state index in [1.54, 1.807) is 0 Å². The molecule has 0 amide bonds. The zero-order valence-electron chi connectivity index (χ0n) is 50.1. The van der Waals surface area contributed by atoms with Crippen molar-refractivity contribution in [2.45, 2.75) is 139 Å². The minimum absolute atomic E-state index is 0.780. The van der Waals surface area contributed by atoms with Crippen LogP contribution < -0.4 is 0 Å². The van der Waals surface area contributed by atoms with E-state index in [1.165, 1.54) is 221 Å². The van der Waals surface area contributed by atoms with Crippen LogP contribution >= 0.6 is 0 Å². The van der Waals surface area contributed by atoms with Gasteiger partial charge in [-0.15, -0.1) is 0 Å². The Bertz CT molecular complexity index is 7410. The predicted octanol–water partition coefficient (Wildman–Crippen LogP) is 18.1. The molecule has 0 saturated carbocycles. The van der Waals surface area contributed by atoms with E-state index in [1.807, 2.05) is 14.2 Å². The number of rotatable bonds is 10. The van der Waals surface area contributed by atoms with E-state index in [0.717, 1.165) is 72.4 Å². The van der Waals surface area contributed by atoms with Crippen LogP contribution in [0.1, 0.15) is 139 Å². The van der Waals surface area contributed by atoms with Crippen LogP contribution in [0.3, 0.4) is 0 Å². The van der Waals surface area contributed by atoms with Gasteiger partial charge in [-0.3, -0.25) is 0 Å². The summed E-state index contributed by atoms with van der Waals surface area (Å²) in [6.45, 7) is 25.2. The average molecular weight is 1140 g/mol. The Kier molecular flexibility index (Phi) is 4.62. The summed E-state index contributed by atoms with van der Waals surface area (Å²) in [5, 5.41) is 54.6. The molecule has 6 atom stereocenters. The molecule has 32 rings (SSSR count). The molecular weight excluding hydrogens is 1100 g/mol. The van der Waals surface area contributed by atoms with Gasteiger partial charge in [0.15, 0.2) is 22.4 Å². The van der Waals surface area contributed by atoms with Crippen LogP contribution in [0.25, 0.3) is 215 Å². The van der Waals surface area contributed by atoms with E-state index in [9.17, 15) is 0 Å². The number of hydrogen-bond donors (Lipinski definition) is 0. The van der Waals surface area contributed by atoms with Crippen molar-refractivity contribution >= 4 is 215 Å². The predicted molar refractivity (Wildman–Crippen MR) is 340 cm³/mol. The van der Waals surface area contributed by atoms with Gasteiger partial charge in [0.1, 0.15) is 11.2 Å². The third-order valence-corrected chi connectivity index (χ3v) is 26.7. The number of benzene rings is 15. The first-order valence-electron chi connectivity index (χ1n) is 32.0. The molecule has 0 heterocycles. The molecule has 0 N–H and O–H groups in total. The van der Waals surface area contributed by atoms with Crippen molar-refractivity contribution < 1.29 is 48.6 Å². The van der Waals surface area contributed by atoms with Crippen LogP contribution in [0, 0.1) is 0 Å². The van der Waals surface area contributed by atoms with Gasteiger partial charge in [-0.1, -0.05) is 0 Å². The minimum atomic E-state index is -1.84. The second kappa shape index (κ2) is 9.74. The molecule has 21 aromatic rings. The monoisotopic (exact) mass is 1140 g/mol. The first-order chi connectivity index (χ1) is 42.2. The quantitative estimate of drug-likeness (QED) is 0.0749. The third kappa shape index (κ3) is 2.64. The van der Waals surface area contributed by atoms with Gasteiger partial charge in [0.25, 0.3) is 0 Å². The highest BCUT2D eigenvalue weighted by molar-refractivity contribution is 6.77. The molecule has 0 bridgehead atoms. The SMILES string of the molecule is CO[C@]12C3=C4[C@]5(OC)c6c1c1c7c2c2c8c9c%10c%11c%12c%13c%14c%15c%16c%17c(c5c5c6c6c1c1c%18c7c8c7c8c9c%12c9c%12c%13c%16c%13c%16c%17c5c5c6c1c1c(c7%18)c(c89)c(c%12%13)c1c5%16)[C@@]%15(OOC(C)(C)C)[C@]4(OOC(C)(C)C)C(=C3[C@@]2%10OOC(C)(C)C)[C@@]%11%14OOC(C)(C)C. The highest BCUT2D eigenvalue weighted by Crippen LogP contribution is 2.92. The molecule has 10 heteroatoms. The highest BCUT2D eigenvalue weighted by Gasteiger charge is 2.91. The molecule has 0 aliphatic heterocycles. The largest absolute Gasteiger partial charge is 0.364 e. The molecular formula is C78H42O10. The maximum absolute atomic E-state index is 8.47. The summed E-state index contributed by atoms with van der Waals surface area (Å²) in [7, 11) is 3.96. The molecule has 0 spiro atoms. The Labute approximate surface area is 492 Å². The lowest BCUT2D eigenvalue weighted by Gasteiger charge is -2.62. The van der Waals surface area contributed by atoms with Gasteiger partial charge in [0.05, 0.1) is 22.4 Å². The van der Waals surface area contributed by atoms with E-state index in [2.05, 4.69) is 83.1 Å². The first-order valence-corrected chi connectivity index (χ1v) is 32.0. The molecule has 11 aliphatic carbocycles. The number of ether oxygens (including phenoxy) is 2. The van der Waals surface area contributed by atoms with Gasteiger partial charge >= 0.3 is 0 Å². The molecule has 10 nitrogen and oxygen atoms in total. The fraction of sp³-hybridized carbons (Fsp3) is 0.308. The standard InChI is InChI=1S/C78H42O10/c1-69(2,3)81-85-74-57-47-37-27-20-15-16-18-19-17(15)22-28(27)38-40-30(22)32-24(19)34-33-23(18)31-29-21(16)26-25(20)35(37)45-46-36(26)39(29)49-51-41(31)43(33)53-54-44(34)42(32)52-50(40)60(58(74)48(38)47)76(86-82-70(4,5)6)62(52)64(54)77(87-83-71(7,8)9)63(53)61(51)75(80-14)59(49)56(46)73(79-13,55(45)57)65-66(74)68(76)78(77,67(65)75)88-84-72(10,11)12/h1-14H3/t73-,74+,75-,76+,77-,78+/m0/s1. The van der Waals surface area contributed by atoms with Crippen LogP contribution in [-0.2, 0) is 76.6 Å². The van der Waals surface area contributed by atoms with Gasteiger partial charge in [-0.2, -0.15) is 0 Å². The van der Waals surface area contributed by atoms with Crippen molar-refractivity contribution in [3.63, 3.8) is 0 Å². The van der Waals surface area contributed by atoms with Crippen LogP contribution in [0.5, 0.6) is 0 Å². The van der Waals surface area contributed by atoms with Gasteiger partial charge < -0.3 is 9.47 Å². The summed E-state index contributed by atoms with van der Waals surface area (Å²) >= 11 is 0. The van der Waals surface area contributed by atoms with Crippen molar-refractivity contribution in [3.8, 4) is 0 Å². The summed E-state index contributed by atoms with van der Waals surface area (Å²) in [6, 6.07) is 0. The fourth-order valence-electron chi connectivity index (χ4n) is 26.3. The third-order valence-electron chi connectivity index (χ3n) is 26.7. The lowest BCUT2D eigenvalue weighted by Crippen LogP contribution is -2.70. The van der Waals surface area contributed by atoms with E-state index in [4.69, 9.17) is 48.6 Å². The van der Waals surface area contributed by atoms with Crippen molar-refractivity contribution in [2.24, 2.45) is 0 Å². The summed E-state index contributed by atoms with van der Waals surface area (Å²) < 4.78 is 16.4. The molecule has 0 saturated heterocycles. The zero-order valence-corrected chi connectivity index (χ0v) is 50.1. The van der Waals surface area contributed by atoms with Crippen molar-refractivity contribution in [2.75, 3.05) is 14.2 Å². The lowest BCUT2D eigenvalue weighted by molar-refractivity contribution is -0.479. The molecule has 0 aromatic heterocycles. The van der Waals surface area contributed by atoms with E-state index in [0.29, 0.717) is 0 Å². The zero-order chi connectivity index (χ0) is 57.2. The van der Waals surface area contributed by atoms with E-state index in [-0.39, 0.29) is 0 Å². The molecule has 88 heavy (non-hydrogen) atoms. The molecule has 21 aromatic carbocycles. The second-order valence-corrected chi connectivity index (χ2v) is 33.9. The van der Waals surface area contributed by atoms with E-state index < -0.39 is 56.0 Å². The summed E-state index contributed by atoms with van der Waals surface area (Å²) in [4.78, 5) is 63.2. The molecule has 0 unspecified atom stereocenters. The number of methoxy groups -OCH3 is 2. The van der Waals surface area contributed by atoms with Crippen molar-refractivity contribution in [1.82, 2.24) is 0 Å². The smallest absolute Gasteiger partial charge is 0.196 e. The maximum atomic E-state index is 8.47. The van der Waals surface area contributed by atoms with Crippen LogP contribution in [-0.4, -0.2) is 42.2 Å². The normalized spacial score (nSPS) is 29.0. The first kappa shape index (κ1) is 41.7. The summed E-state index contributed by atoms with van der Waals surface area (Å²) in [5.74, 6) is 0. The molecule has 414 valence electrons. The molecule has 11 aliphatic rings. The van der Waals surface area contributed by atoms with Crippen LogP contribution in [0.15, 0.2) is 22.3 Å². The Morgan fingerprint density at radius 3 is 0.693 bits per heavy atom. The molecule has 0 radical (unpaired) electrons. The van der Waals surface area contributed by atoms with Gasteiger partial charge in [0.2, 0.25) is 0 Å². The molecule has 0 fully saturated rings. The summed E-state index contributed by atoms with van der Waals surface area (Å²) in [5.41, 5.74) is 2.05. The highest BCUT2D eigenvalue weighted by atomic mass is 17.2. The average Bonchev–Trinajstić information content (AvgIpc) is 1.37. The Balaban J connectivity index is 1.07. The van der Waals surface area contributed by atoms with Crippen LogP contribution in [0.2, 0.25) is 0 Å². The lowest BCUT2D eigenvalue weighted by atomic mass is 9.49. The topological polar surface area (TPSA) is 92.3 Å². The van der Waals surface area contributed by atoms with Gasteiger partial charge in [-0.05, 0) is 299 Å². The minimum Gasteiger partial charge on any atom is -0.364 e. The Morgan fingerprint density at radius 2 is 0.386 bits per heavy atom. The Hall–Kier alpha value is -7.42. The van der Waals surface area contributed by atoms with Crippen molar-refractivity contribution in [1.29, 1.82) is 0 Å². The maximum Gasteiger partial charge on any atom is 0.196 e. The Morgan fingerprint density at radius 1 is 0.193 bits per heavy atom. The number of hydrogen-bond acceptors (Lipinski definition) is 10. The fourth-order valence-corrected chi connectivity index (χ4v) is 26.3. The van der Waals surface area contributed by atoms with Crippen molar-refractivity contribution in [3.05, 3.63) is 77.9 Å². The summed E-state index contributed by atoms with van der Waals surface area (Å²) in [6.07, 6.45) is 0. The van der Waals surface area contributed by atoms with E-state index >= 15 is 0 Å². The van der Waals surface area contributed by atoms with Gasteiger partial charge in [-0.25, -0.2) is 39.1 Å². The van der Waals surface area contributed by atoms with Crippen LogP contribution in [0.4, 0.5) is 0 Å². The van der Waals surface area contributed by atoms with Gasteiger partial charge in [0, 0.05) is 92.1 Å².